The van der Waals surface area contributed by atoms with Crippen LogP contribution in [0.3, 0.4) is 0 Å². The molecular formula is C9H20O3S. The van der Waals surface area contributed by atoms with Crippen LogP contribution in [-0.2, 0) is 9.84 Å². The van der Waals surface area contributed by atoms with Gasteiger partial charge in [-0.15, -0.1) is 0 Å². The fraction of sp³-hybridized carbons (Fsp3) is 1.00. The van der Waals surface area contributed by atoms with Crippen LogP contribution < -0.4 is 0 Å². The van der Waals surface area contributed by atoms with Gasteiger partial charge in [0.25, 0.3) is 0 Å². The summed E-state index contributed by atoms with van der Waals surface area (Å²) in [5.41, 5.74) is -1.16. The van der Waals surface area contributed by atoms with Crippen molar-refractivity contribution in [3.05, 3.63) is 0 Å². The third-order valence-corrected chi connectivity index (χ3v) is 4.79. The second-order valence-corrected chi connectivity index (χ2v) is 6.68. The minimum absolute atomic E-state index is 0.0649. The molecule has 3 nitrogen and oxygen atoms in total. The largest absolute Gasteiger partial charge is 0.389 e. The molecule has 0 saturated carbocycles. The molecule has 0 aromatic carbocycles. The molecular weight excluding hydrogens is 188 g/mol. The zero-order valence-electron chi connectivity index (χ0n) is 9.03. The lowest BCUT2D eigenvalue weighted by Gasteiger charge is -2.31. The van der Waals surface area contributed by atoms with Gasteiger partial charge in [-0.2, -0.15) is 0 Å². The summed E-state index contributed by atoms with van der Waals surface area (Å²) >= 11 is 0. The monoisotopic (exact) mass is 208 g/mol. The number of hydrogen-bond donors (Lipinski definition) is 1. The van der Waals surface area contributed by atoms with Crippen molar-refractivity contribution in [2.45, 2.75) is 45.5 Å². The van der Waals surface area contributed by atoms with Crippen molar-refractivity contribution < 1.29 is 13.5 Å². The van der Waals surface area contributed by atoms with Gasteiger partial charge in [0.15, 0.2) is 9.84 Å². The normalized spacial score (nSPS) is 16.2. The molecule has 13 heavy (non-hydrogen) atoms. The minimum atomic E-state index is -3.17. The van der Waals surface area contributed by atoms with Gasteiger partial charge >= 0.3 is 0 Å². The first-order valence-corrected chi connectivity index (χ1v) is 6.28. The highest BCUT2D eigenvalue weighted by molar-refractivity contribution is 7.92. The zero-order valence-corrected chi connectivity index (χ0v) is 9.85. The van der Waals surface area contributed by atoms with Crippen molar-refractivity contribution in [1.82, 2.24) is 0 Å². The Bertz CT molecular complexity index is 247. The minimum Gasteiger partial charge on any atom is -0.389 e. The highest BCUT2D eigenvalue weighted by Crippen LogP contribution is 2.24. The SMILES string of the molecule is CCS(=O)(=O)[C@@H](C(C)C)C(C)(C)O. The van der Waals surface area contributed by atoms with E-state index in [2.05, 4.69) is 0 Å². The van der Waals surface area contributed by atoms with Crippen LogP contribution in [0.25, 0.3) is 0 Å². The first kappa shape index (κ1) is 12.9. The molecule has 0 spiro atoms. The van der Waals surface area contributed by atoms with E-state index in [1.54, 1.807) is 20.8 Å². The van der Waals surface area contributed by atoms with E-state index < -0.39 is 20.7 Å². The molecule has 4 heteroatoms. The summed E-state index contributed by atoms with van der Waals surface area (Å²) in [6, 6.07) is 0. The average molecular weight is 208 g/mol. The van der Waals surface area contributed by atoms with Gasteiger partial charge < -0.3 is 5.11 Å². The van der Waals surface area contributed by atoms with Gasteiger partial charge in [0.1, 0.15) is 0 Å². The first-order chi connectivity index (χ1) is 5.63. The predicted octanol–water partition coefficient (Wildman–Crippen LogP) is 1.22. The predicted molar refractivity (Wildman–Crippen MR) is 54.4 cm³/mol. The molecule has 0 unspecified atom stereocenters. The second kappa shape index (κ2) is 3.96. The van der Waals surface area contributed by atoms with Crippen molar-refractivity contribution in [2.24, 2.45) is 5.92 Å². The fourth-order valence-electron chi connectivity index (χ4n) is 1.85. The summed E-state index contributed by atoms with van der Waals surface area (Å²) in [7, 11) is -3.17. The molecule has 0 aromatic heterocycles. The van der Waals surface area contributed by atoms with Crippen molar-refractivity contribution in [3.8, 4) is 0 Å². The molecule has 0 rings (SSSR count). The van der Waals surface area contributed by atoms with Gasteiger partial charge in [-0.25, -0.2) is 8.42 Å². The molecule has 0 aliphatic heterocycles. The molecule has 0 aromatic rings. The number of rotatable bonds is 4. The van der Waals surface area contributed by atoms with Gasteiger partial charge in [-0.3, -0.25) is 0 Å². The van der Waals surface area contributed by atoms with Crippen LogP contribution in [0.5, 0.6) is 0 Å². The first-order valence-electron chi connectivity index (χ1n) is 4.57. The summed E-state index contributed by atoms with van der Waals surface area (Å²) in [6.07, 6.45) is 0. The zero-order chi connectivity index (χ0) is 10.9. The van der Waals surface area contributed by atoms with Gasteiger partial charge in [0, 0.05) is 5.75 Å². The van der Waals surface area contributed by atoms with E-state index in [1.807, 2.05) is 13.8 Å². The third-order valence-electron chi connectivity index (χ3n) is 2.09. The smallest absolute Gasteiger partial charge is 0.155 e. The van der Waals surface area contributed by atoms with Crippen LogP contribution in [-0.4, -0.2) is 30.1 Å². The second-order valence-electron chi connectivity index (χ2n) is 4.27. The Kier molecular flexibility index (Phi) is 3.94. The summed E-state index contributed by atoms with van der Waals surface area (Å²) < 4.78 is 23.3. The van der Waals surface area contributed by atoms with Gasteiger partial charge in [0.2, 0.25) is 0 Å². The standard InChI is InChI=1S/C9H20O3S/c1-6-13(11,12)8(7(2)3)9(4,5)10/h7-8,10H,6H2,1-5H3/t8-/m0/s1. The Morgan fingerprint density at radius 3 is 1.77 bits per heavy atom. The lowest BCUT2D eigenvalue weighted by atomic mass is 9.96. The molecule has 1 N–H and O–H groups in total. The molecule has 0 saturated heterocycles. The van der Waals surface area contributed by atoms with Crippen LogP contribution in [0.1, 0.15) is 34.6 Å². The number of aliphatic hydroxyl groups is 1. The number of sulfone groups is 1. The van der Waals surface area contributed by atoms with E-state index in [1.165, 1.54) is 0 Å². The molecule has 0 aliphatic carbocycles. The Balaban J connectivity index is 5.07. The van der Waals surface area contributed by atoms with Crippen molar-refractivity contribution in [3.63, 3.8) is 0 Å². The summed E-state index contributed by atoms with van der Waals surface area (Å²) in [5, 5.41) is 9.06. The van der Waals surface area contributed by atoms with E-state index in [0.717, 1.165) is 0 Å². The lowest BCUT2D eigenvalue weighted by molar-refractivity contribution is 0.0619. The topological polar surface area (TPSA) is 54.4 Å². The number of hydrogen-bond acceptors (Lipinski definition) is 3. The van der Waals surface area contributed by atoms with Crippen LogP contribution in [0, 0.1) is 5.92 Å². The van der Waals surface area contributed by atoms with Gasteiger partial charge in [-0.1, -0.05) is 20.8 Å². The van der Waals surface area contributed by atoms with Crippen molar-refractivity contribution >= 4 is 9.84 Å². The quantitative estimate of drug-likeness (QED) is 0.755. The van der Waals surface area contributed by atoms with E-state index in [4.69, 9.17) is 0 Å². The van der Waals surface area contributed by atoms with Gasteiger partial charge in [-0.05, 0) is 19.8 Å². The van der Waals surface area contributed by atoms with E-state index in [0.29, 0.717) is 0 Å². The van der Waals surface area contributed by atoms with Crippen molar-refractivity contribution in [2.75, 3.05) is 5.75 Å². The molecule has 0 bridgehead atoms. The summed E-state index contributed by atoms with van der Waals surface area (Å²) in [6.45, 7) is 8.33. The molecule has 0 amide bonds. The fourth-order valence-corrected chi connectivity index (χ4v) is 3.92. The Morgan fingerprint density at radius 2 is 1.69 bits per heavy atom. The maximum absolute atomic E-state index is 11.6. The maximum atomic E-state index is 11.6. The lowest BCUT2D eigenvalue weighted by Crippen LogP contribution is -2.46. The highest BCUT2D eigenvalue weighted by atomic mass is 32.2. The van der Waals surface area contributed by atoms with Crippen molar-refractivity contribution in [1.29, 1.82) is 0 Å². The van der Waals surface area contributed by atoms with E-state index in [-0.39, 0.29) is 11.7 Å². The van der Waals surface area contributed by atoms with Crippen LogP contribution in [0.15, 0.2) is 0 Å². The Labute approximate surface area is 81.1 Å². The van der Waals surface area contributed by atoms with Crippen LogP contribution in [0.2, 0.25) is 0 Å². The average Bonchev–Trinajstić information content (AvgIpc) is 1.82. The van der Waals surface area contributed by atoms with Gasteiger partial charge in [0.05, 0.1) is 10.9 Å². The van der Waals surface area contributed by atoms with Crippen LogP contribution in [0.4, 0.5) is 0 Å². The van der Waals surface area contributed by atoms with E-state index in [9.17, 15) is 13.5 Å². The highest BCUT2D eigenvalue weighted by Gasteiger charge is 2.39. The Hall–Kier alpha value is -0.0900. The molecule has 0 fully saturated rings. The summed E-state index contributed by atoms with van der Waals surface area (Å²) in [4.78, 5) is 0. The maximum Gasteiger partial charge on any atom is 0.155 e. The van der Waals surface area contributed by atoms with E-state index >= 15 is 0 Å². The molecule has 0 radical (unpaired) electrons. The molecule has 0 aliphatic rings. The molecule has 80 valence electrons. The molecule has 1 atom stereocenters. The third kappa shape index (κ3) is 3.27. The summed E-state index contributed by atoms with van der Waals surface area (Å²) in [5.74, 6) is 0.0183. The Morgan fingerprint density at radius 1 is 1.31 bits per heavy atom. The van der Waals surface area contributed by atoms with Crippen LogP contribution >= 0.6 is 0 Å². The molecule has 0 heterocycles.